The second-order valence-corrected chi connectivity index (χ2v) is 7.33. The Balaban J connectivity index is 1.41. The van der Waals surface area contributed by atoms with Gasteiger partial charge in [-0.15, -0.1) is 0 Å². The summed E-state index contributed by atoms with van der Waals surface area (Å²) in [5.41, 5.74) is 1.98. The van der Waals surface area contributed by atoms with Crippen molar-refractivity contribution in [1.82, 2.24) is 10.6 Å². The van der Waals surface area contributed by atoms with E-state index in [9.17, 15) is 14.4 Å². The van der Waals surface area contributed by atoms with Crippen molar-refractivity contribution in [2.45, 2.75) is 6.42 Å². The van der Waals surface area contributed by atoms with E-state index in [0.717, 1.165) is 10.0 Å². The molecule has 0 spiro atoms. The van der Waals surface area contributed by atoms with Crippen LogP contribution in [0, 0.1) is 0 Å². The molecule has 0 unspecified atom stereocenters. The van der Waals surface area contributed by atoms with E-state index in [1.54, 1.807) is 36.4 Å². The van der Waals surface area contributed by atoms with Gasteiger partial charge in [-0.05, 0) is 54.1 Å². The second kappa shape index (κ2) is 10.4. The van der Waals surface area contributed by atoms with E-state index in [-0.39, 0.29) is 43.0 Å². The molecule has 0 aliphatic carbocycles. The molecule has 3 rings (SSSR count). The Kier molecular flexibility index (Phi) is 7.40. The Hall–Kier alpha value is -3.39. The normalized spacial score (nSPS) is 10.3. The van der Waals surface area contributed by atoms with Crippen molar-refractivity contribution >= 4 is 39.3 Å². The third-order valence-electron chi connectivity index (χ3n) is 4.15. The fraction of sp³-hybridized carbons (Fsp3) is 0.136. The average Bonchev–Trinajstić information content (AvgIpc) is 3.28. The van der Waals surface area contributed by atoms with Crippen molar-refractivity contribution in [2.75, 3.05) is 18.4 Å². The molecule has 0 fully saturated rings. The van der Waals surface area contributed by atoms with Crippen LogP contribution in [0.2, 0.25) is 0 Å². The summed E-state index contributed by atoms with van der Waals surface area (Å²) in [5.74, 6) is -0.520. The summed E-state index contributed by atoms with van der Waals surface area (Å²) in [6, 6.07) is 17.3. The number of carbonyl (C=O) groups excluding carboxylic acids is 3. The highest BCUT2D eigenvalue weighted by atomic mass is 79.9. The van der Waals surface area contributed by atoms with Crippen molar-refractivity contribution in [2.24, 2.45) is 0 Å². The molecule has 7 nitrogen and oxygen atoms in total. The Bertz CT molecular complexity index is 1000. The highest BCUT2D eigenvalue weighted by molar-refractivity contribution is 9.10. The van der Waals surface area contributed by atoms with E-state index in [1.807, 2.05) is 24.3 Å². The lowest BCUT2D eigenvalue weighted by molar-refractivity contribution is -0.115. The summed E-state index contributed by atoms with van der Waals surface area (Å²) in [6.45, 7) is 0.548. The fourth-order valence-electron chi connectivity index (χ4n) is 2.65. The molecule has 2 aromatic carbocycles. The summed E-state index contributed by atoms with van der Waals surface area (Å²) in [4.78, 5) is 36.1. The molecule has 1 aromatic heterocycles. The minimum Gasteiger partial charge on any atom is -0.459 e. The number of amides is 3. The maximum atomic E-state index is 12.2. The summed E-state index contributed by atoms with van der Waals surface area (Å²) >= 11 is 3.36. The van der Waals surface area contributed by atoms with Gasteiger partial charge in [0.15, 0.2) is 5.76 Å². The molecule has 0 radical (unpaired) electrons. The minimum absolute atomic E-state index is 0.137. The van der Waals surface area contributed by atoms with Crippen LogP contribution in [0.15, 0.2) is 75.8 Å². The van der Waals surface area contributed by atoms with Gasteiger partial charge in [0.2, 0.25) is 5.91 Å². The topological polar surface area (TPSA) is 100 Å². The lowest BCUT2D eigenvalue weighted by Gasteiger charge is -2.08. The van der Waals surface area contributed by atoms with Crippen LogP contribution < -0.4 is 16.0 Å². The third kappa shape index (κ3) is 6.31. The Morgan fingerprint density at radius 3 is 2.13 bits per heavy atom. The van der Waals surface area contributed by atoms with Gasteiger partial charge in [0.1, 0.15) is 0 Å². The predicted molar refractivity (Wildman–Crippen MR) is 116 cm³/mol. The van der Waals surface area contributed by atoms with Gasteiger partial charge in [-0.25, -0.2) is 0 Å². The molecule has 3 aromatic rings. The van der Waals surface area contributed by atoms with Gasteiger partial charge in [-0.3, -0.25) is 14.4 Å². The van der Waals surface area contributed by atoms with Crippen LogP contribution in [-0.4, -0.2) is 30.8 Å². The number of hydrogen-bond acceptors (Lipinski definition) is 4. The van der Waals surface area contributed by atoms with E-state index in [0.29, 0.717) is 11.3 Å². The average molecular weight is 470 g/mol. The first-order chi connectivity index (χ1) is 14.5. The first-order valence-electron chi connectivity index (χ1n) is 9.25. The standard InChI is InChI=1S/C22H20BrN3O4/c23-17-7-3-15(4-8-17)14-20(27)26-18-9-5-16(6-10-18)21(28)24-11-12-25-22(29)19-2-1-13-30-19/h1-10,13H,11-12,14H2,(H,24,28)(H,25,29)(H,26,27). The summed E-state index contributed by atoms with van der Waals surface area (Å²) in [6.07, 6.45) is 1.68. The molecule has 3 amide bonds. The number of furan rings is 1. The highest BCUT2D eigenvalue weighted by Crippen LogP contribution is 2.13. The molecule has 0 atom stereocenters. The summed E-state index contributed by atoms with van der Waals surface area (Å²) in [5, 5.41) is 8.18. The lowest BCUT2D eigenvalue weighted by atomic mass is 10.1. The van der Waals surface area contributed by atoms with Gasteiger partial charge < -0.3 is 20.4 Å². The summed E-state index contributed by atoms with van der Waals surface area (Å²) in [7, 11) is 0. The second-order valence-electron chi connectivity index (χ2n) is 6.42. The number of anilines is 1. The molecule has 0 saturated heterocycles. The minimum atomic E-state index is -0.336. The number of benzene rings is 2. The molecular formula is C22H20BrN3O4. The number of halogens is 1. The zero-order chi connectivity index (χ0) is 21.3. The molecule has 3 N–H and O–H groups in total. The fourth-order valence-corrected chi connectivity index (χ4v) is 2.91. The molecule has 30 heavy (non-hydrogen) atoms. The molecule has 154 valence electrons. The molecule has 8 heteroatoms. The lowest BCUT2D eigenvalue weighted by Crippen LogP contribution is -2.34. The monoisotopic (exact) mass is 469 g/mol. The van der Waals surface area contributed by atoms with Crippen LogP contribution >= 0.6 is 15.9 Å². The van der Waals surface area contributed by atoms with Gasteiger partial charge >= 0.3 is 0 Å². The van der Waals surface area contributed by atoms with Crippen LogP contribution in [0.25, 0.3) is 0 Å². The van der Waals surface area contributed by atoms with E-state index in [2.05, 4.69) is 31.9 Å². The van der Waals surface area contributed by atoms with Gasteiger partial charge in [-0.2, -0.15) is 0 Å². The molecule has 0 bridgehead atoms. The first-order valence-corrected chi connectivity index (χ1v) is 10.0. The van der Waals surface area contributed by atoms with Crippen molar-refractivity contribution < 1.29 is 18.8 Å². The van der Waals surface area contributed by atoms with Crippen molar-refractivity contribution in [3.8, 4) is 0 Å². The zero-order valence-corrected chi connectivity index (χ0v) is 17.6. The molecule has 0 saturated carbocycles. The highest BCUT2D eigenvalue weighted by Gasteiger charge is 2.09. The smallest absolute Gasteiger partial charge is 0.287 e. The Labute approximate surface area is 182 Å². The quantitative estimate of drug-likeness (QED) is 0.440. The molecule has 0 aliphatic rings. The van der Waals surface area contributed by atoms with E-state index in [1.165, 1.54) is 6.26 Å². The van der Waals surface area contributed by atoms with Crippen LogP contribution in [0.1, 0.15) is 26.5 Å². The van der Waals surface area contributed by atoms with Crippen LogP contribution in [0.3, 0.4) is 0 Å². The maximum Gasteiger partial charge on any atom is 0.287 e. The van der Waals surface area contributed by atoms with Gasteiger partial charge in [0, 0.05) is 28.8 Å². The van der Waals surface area contributed by atoms with Crippen LogP contribution in [0.5, 0.6) is 0 Å². The van der Waals surface area contributed by atoms with Crippen molar-refractivity contribution in [3.63, 3.8) is 0 Å². The Morgan fingerprint density at radius 1 is 0.833 bits per heavy atom. The van der Waals surface area contributed by atoms with Crippen LogP contribution in [-0.2, 0) is 11.2 Å². The summed E-state index contributed by atoms with van der Waals surface area (Å²) < 4.78 is 5.95. The SMILES string of the molecule is O=C(Cc1ccc(Br)cc1)Nc1ccc(C(=O)NCCNC(=O)c2ccco2)cc1. The number of carbonyl (C=O) groups is 3. The zero-order valence-electron chi connectivity index (χ0n) is 16.0. The molecule has 1 heterocycles. The van der Waals surface area contributed by atoms with Gasteiger partial charge in [0.05, 0.1) is 12.7 Å². The number of nitrogens with one attached hydrogen (secondary N) is 3. The van der Waals surface area contributed by atoms with Gasteiger partial charge in [-0.1, -0.05) is 28.1 Å². The number of rotatable bonds is 8. The van der Waals surface area contributed by atoms with Gasteiger partial charge in [0.25, 0.3) is 11.8 Å². The molecule has 0 aliphatic heterocycles. The van der Waals surface area contributed by atoms with Crippen LogP contribution in [0.4, 0.5) is 5.69 Å². The molecular weight excluding hydrogens is 450 g/mol. The number of hydrogen-bond donors (Lipinski definition) is 3. The Morgan fingerprint density at radius 2 is 1.50 bits per heavy atom. The third-order valence-corrected chi connectivity index (χ3v) is 4.68. The predicted octanol–water partition coefficient (Wildman–Crippen LogP) is 3.38. The first kappa shape index (κ1) is 21.3. The van der Waals surface area contributed by atoms with Crippen molar-refractivity contribution in [3.05, 3.63) is 88.3 Å². The van der Waals surface area contributed by atoms with E-state index < -0.39 is 0 Å². The maximum absolute atomic E-state index is 12.2. The van der Waals surface area contributed by atoms with E-state index >= 15 is 0 Å². The van der Waals surface area contributed by atoms with Crippen molar-refractivity contribution in [1.29, 1.82) is 0 Å². The van der Waals surface area contributed by atoms with E-state index in [4.69, 9.17) is 4.42 Å². The largest absolute Gasteiger partial charge is 0.459 e.